The maximum absolute atomic E-state index is 14.8. The molecule has 2 aromatic carbocycles. The first-order valence-electron chi connectivity index (χ1n) is 9.78. The van der Waals surface area contributed by atoms with E-state index < -0.39 is 11.9 Å². The topological polar surface area (TPSA) is 70.7 Å². The van der Waals surface area contributed by atoms with Crippen molar-refractivity contribution in [3.05, 3.63) is 62.5 Å². The lowest BCUT2D eigenvalue weighted by atomic mass is 10.1. The van der Waals surface area contributed by atoms with E-state index in [0.717, 1.165) is 10.0 Å². The van der Waals surface area contributed by atoms with Crippen molar-refractivity contribution in [2.45, 2.75) is 32.8 Å². The molecule has 2 aromatic rings. The highest BCUT2D eigenvalue weighted by molar-refractivity contribution is 9.10. The molecule has 0 spiro atoms. The minimum Gasteiger partial charge on any atom is -0.442 e. The molecule has 31 heavy (non-hydrogen) atoms. The van der Waals surface area contributed by atoms with Crippen LogP contribution in [0.2, 0.25) is 0 Å². The fourth-order valence-corrected chi connectivity index (χ4v) is 3.97. The van der Waals surface area contributed by atoms with Gasteiger partial charge < -0.3 is 15.4 Å². The second-order valence-electron chi connectivity index (χ2n) is 7.56. The van der Waals surface area contributed by atoms with Gasteiger partial charge in [-0.3, -0.25) is 9.69 Å². The molecule has 0 aliphatic carbocycles. The Bertz CT molecular complexity index is 1080. The van der Waals surface area contributed by atoms with Gasteiger partial charge in [-0.1, -0.05) is 42.0 Å². The number of cyclic esters (lactones) is 1. The lowest BCUT2D eigenvalue weighted by Crippen LogP contribution is -2.32. The van der Waals surface area contributed by atoms with Crippen LogP contribution in [-0.4, -0.2) is 30.3 Å². The normalized spacial score (nSPS) is 15.7. The number of nitrogens with one attached hydrogen (secondary N) is 2. The molecule has 0 saturated carbocycles. The third kappa shape index (κ3) is 5.59. The predicted molar refractivity (Wildman–Crippen MR) is 128 cm³/mol. The van der Waals surface area contributed by atoms with Gasteiger partial charge in [0.15, 0.2) is 0 Å². The maximum atomic E-state index is 14.8. The molecule has 6 nitrogen and oxygen atoms in total. The fourth-order valence-electron chi connectivity index (χ4n) is 3.19. The van der Waals surface area contributed by atoms with Gasteiger partial charge in [0.1, 0.15) is 11.9 Å². The quantitative estimate of drug-likeness (QED) is 0.531. The van der Waals surface area contributed by atoms with E-state index in [9.17, 15) is 14.0 Å². The molecule has 164 valence electrons. The van der Waals surface area contributed by atoms with Crippen LogP contribution in [0, 0.1) is 5.82 Å². The van der Waals surface area contributed by atoms with E-state index in [-0.39, 0.29) is 35.4 Å². The number of halogens is 2. The molecule has 1 unspecified atom stereocenters. The van der Waals surface area contributed by atoms with E-state index in [1.165, 1.54) is 23.1 Å². The highest BCUT2D eigenvalue weighted by atomic mass is 79.9. The Labute approximate surface area is 193 Å². The summed E-state index contributed by atoms with van der Waals surface area (Å²) in [4.78, 5) is 26.6. The average molecular weight is 508 g/mol. The van der Waals surface area contributed by atoms with Crippen LogP contribution < -0.4 is 21.0 Å². The number of nitrogens with zero attached hydrogens (tertiary/aromatic N) is 1. The molecule has 1 aliphatic heterocycles. The summed E-state index contributed by atoms with van der Waals surface area (Å²) in [6.07, 6.45) is -0.927. The summed E-state index contributed by atoms with van der Waals surface area (Å²) in [5, 5.41) is 5.85. The van der Waals surface area contributed by atoms with Gasteiger partial charge in [0.2, 0.25) is 5.43 Å². The van der Waals surface area contributed by atoms with E-state index in [2.05, 4.69) is 26.6 Å². The maximum Gasteiger partial charge on any atom is 0.414 e. The Morgan fingerprint density at radius 2 is 2.00 bits per heavy atom. The van der Waals surface area contributed by atoms with Crippen molar-refractivity contribution in [3.8, 4) is 0 Å². The number of carbonyl (C=O) groups excluding carboxylic acids is 1. The minimum absolute atomic E-state index is 0.139. The molecule has 1 aliphatic rings. The third-order valence-electron chi connectivity index (χ3n) is 4.83. The van der Waals surface area contributed by atoms with Crippen LogP contribution >= 0.6 is 28.1 Å². The summed E-state index contributed by atoms with van der Waals surface area (Å²) < 4.78 is 21.0. The van der Waals surface area contributed by atoms with Gasteiger partial charge in [-0.2, -0.15) is 0 Å². The first-order chi connectivity index (χ1) is 14.7. The average Bonchev–Trinajstić information content (AvgIpc) is 3.01. The number of hydrogen-bond acceptors (Lipinski definition) is 5. The van der Waals surface area contributed by atoms with Gasteiger partial charge in [0, 0.05) is 4.47 Å². The monoisotopic (exact) mass is 507 g/mol. The Kier molecular flexibility index (Phi) is 7.27. The Morgan fingerprint density at radius 1 is 1.26 bits per heavy atom. The van der Waals surface area contributed by atoms with Crippen molar-refractivity contribution >= 4 is 56.3 Å². The van der Waals surface area contributed by atoms with E-state index >= 15 is 0 Å². The molecule has 1 saturated heterocycles. The summed E-state index contributed by atoms with van der Waals surface area (Å²) in [5.74, 6) is -0.419. The van der Waals surface area contributed by atoms with Crippen LogP contribution in [0.15, 0.2) is 45.7 Å². The van der Waals surface area contributed by atoms with E-state index in [4.69, 9.17) is 17.0 Å². The standard InChI is InChI=1S/C22H23BrFN3O3S/c1-12(2)16-9-20(21(28)7-5-17(16)23)26-19-6-4-14(8-18(19)24)27-11-15(30-22(27)29)10-25-13(3)31/h4-9,12,15H,10-11H2,1-3H3,(H,25,31)(H,26,28). The van der Waals surface area contributed by atoms with Crippen LogP contribution in [0.5, 0.6) is 0 Å². The highest BCUT2D eigenvalue weighted by Crippen LogP contribution is 2.29. The van der Waals surface area contributed by atoms with Crippen molar-refractivity contribution in [3.63, 3.8) is 0 Å². The summed E-state index contributed by atoms with van der Waals surface area (Å²) in [7, 11) is 0. The van der Waals surface area contributed by atoms with Crippen molar-refractivity contribution < 1.29 is 13.9 Å². The molecule has 9 heteroatoms. The van der Waals surface area contributed by atoms with Gasteiger partial charge >= 0.3 is 6.09 Å². The molecule has 1 atom stereocenters. The second-order valence-corrected chi connectivity index (χ2v) is 9.02. The number of anilines is 3. The first kappa shape index (κ1) is 23.1. The summed E-state index contributed by atoms with van der Waals surface area (Å²) >= 11 is 8.44. The largest absolute Gasteiger partial charge is 0.442 e. The lowest BCUT2D eigenvalue weighted by Gasteiger charge is -2.15. The van der Waals surface area contributed by atoms with Gasteiger partial charge in [0.25, 0.3) is 0 Å². The highest BCUT2D eigenvalue weighted by Gasteiger charge is 2.32. The molecule has 1 fully saturated rings. The van der Waals surface area contributed by atoms with Crippen molar-refractivity contribution in [2.24, 2.45) is 0 Å². The van der Waals surface area contributed by atoms with Crippen LogP contribution in [0.4, 0.5) is 26.2 Å². The molecule has 1 heterocycles. The molecule has 2 N–H and O–H groups in total. The Hall–Kier alpha value is -2.52. The molecule has 1 amide bonds. The fraction of sp³-hybridized carbons (Fsp3) is 0.318. The number of carbonyl (C=O) groups is 1. The van der Waals surface area contributed by atoms with Gasteiger partial charge in [-0.15, -0.1) is 0 Å². The SMILES string of the molecule is CC(=S)NCC1CN(c2ccc(Nc3cc(C(C)C)c(Br)ccc3=O)c(F)c2)C(=O)O1. The molecular weight excluding hydrogens is 485 g/mol. The third-order valence-corrected chi connectivity index (χ3v) is 5.70. The summed E-state index contributed by atoms with van der Waals surface area (Å²) in [5.41, 5.74) is 1.44. The van der Waals surface area contributed by atoms with Gasteiger partial charge in [0.05, 0.1) is 35.1 Å². The van der Waals surface area contributed by atoms with E-state index in [1.807, 2.05) is 13.8 Å². The molecular formula is C22H23BrFN3O3S. The van der Waals surface area contributed by atoms with Crippen molar-refractivity contribution in [1.29, 1.82) is 0 Å². The zero-order valence-corrected chi connectivity index (χ0v) is 19.8. The number of ether oxygens (including phenoxy) is 1. The van der Waals surface area contributed by atoms with Gasteiger partial charge in [-0.25, -0.2) is 9.18 Å². The second kappa shape index (κ2) is 9.74. The van der Waals surface area contributed by atoms with E-state index in [1.54, 1.807) is 25.1 Å². The lowest BCUT2D eigenvalue weighted by molar-refractivity contribution is 0.143. The van der Waals surface area contributed by atoms with Gasteiger partial charge in [-0.05, 0) is 54.8 Å². The number of thiocarbonyl (C=S) groups is 1. The zero-order valence-electron chi connectivity index (χ0n) is 17.4. The first-order valence-corrected chi connectivity index (χ1v) is 11.0. The Morgan fingerprint density at radius 3 is 2.65 bits per heavy atom. The minimum atomic E-state index is -0.585. The number of benzene rings is 1. The predicted octanol–water partition coefficient (Wildman–Crippen LogP) is 5.08. The smallest absolute Gasteiger partial charge is 0.414 e. The zero-order chi connectivity index (χ0) is 22.7. The molecule has 0 radical (unpaired) electrons. The Balaban J connectivity index is 1.82. The summed E-state index contributed by atoms with van der Waals surface area (Å²) in [6.45, 7) is 6.44. The van der Waals surface area contributed by atoms with E-state index in [0.29, 0.717) is 17.2 Å². The molecule has 0 aromatic heterocycles. The van der Waals surface area contributed by atoms with Crippen LogP contribution in [0.3, 0.4) is 0 Å². The molecule has 3 rings (SSSR count). The van der Waals surface area contributed by atoms with Crippen LogP contribution in [-0.2, 0) is 4.74 Å². The van der Waals surface area contributed by atoms with Crippen molar-refractivity contribution in [1.82, 2.24) is 5.32 Å². The van der Waals surface area contributed by atoms with Crippen LogP contribution in [0.25, 0.3) is 0 Å². The summed E-state index contributed by atoms with van der Waals surface area (Å²) in [6, 6.07) is 9.20. The number of hydrogen-bond donors (Lipinski definition) is 2. The number of amides is 1. The molecule has 0 bridgehead atoms. The van der Waals surface area contributed by atoms with Crippen LogP contribution in [0.1, 0.15) is 32.3 Å². The number of rotatable bonds is 6. The van der Waals surface area contributed by atoms with Crippen molar-refractivity contribution in [2.75, 3.05) is 23.3 Å².